The molecule has 1 amide bonds. The SMILES string of the molecule is CCOc1c(Cl)cc(C(=O)NCC(c2cccc(OC)c2)N(C)C)cc1OC. The van der Waals surface area contributed by atoms with Gasteiger partial charge in [0.1, 0.15) is 5.75 Å². The summed E-state index contributed by atoms with van der Waals surface area (Å²) in [5.74, 6) is 1.40. The number of benzene rings is 2. The molecule has 7 heteroatoms. The van der Waals surface area contributed by atoms with E-state index in [0.717, 1.165) is 11.3 Å². The number of nitrogens with zero attached hydrogens (tertiary/aromatic N) is 1. The van der Waals surface area contributed by atoms with Gasteiger partial charge in [0.15, 0.2) is 11.5 Å². The van der Waals surface area contributed by atoms with Gasteiger partial charge < -0.3 is 24.4 Å². The number of nitrogens with one attached hydrogen (secondary N) is 1. The van der Waals surface area contributed by atoms with Gasteiger partial charge in [-0.2, -0.15) is 0 Å². The molecule has 0 aliphatic heterocycles. The molecule has 1 N–H and O–H groups in total. The van der Waals surface area contributed by atoms with Crippen molar-refractivity contribution in [1.82, 2.24) is 10.2 Å². The van der Waals surface area contributed by atoms with Crippen LogP contribution in [0, 0.1) is 0 Å². The maximum atomic E-state index is 12.7. The highest BCUT2D eigenvalue weighted by atomic mass is 35.5. The van der Waals surface area contributed by atoms with Crippen molar-refractivity contribution in [3.63, 3.8) is 0 Å². The Morgan fingerprint density at radius 3 is 2.54 bits per heavy atom. The standard InChI is InChI=1S/C21H27ClN2O4/c1-6-28-20-17(22)11-15(12-19(20)27-5)21(25)23-13-18(24(2)3)14-8-7-9-16(10-14)26-4/h7-12,18H,6,13H2,1-5H3,(H,23,25). The van der Waals surface area contributed by atoms with E-state index in [-0.39, 0.29) is 11.9 Å². The Morgan fingerprint density at radius 2 is 1.93 bits per heavy atom. The van der Waals surface area contributed by atoms with Crippen LogP contribution in [-0.2, 0) is 0 Å². The van der Waals surface area contributed by atoms with Gasteiger partial charge in [-0.05, 0) is 50.8 Å². The minimum absolute atomic E-state index is 0.0147. The first kappa shape index (κ1) is 21.9. The molecule has 0 spiro atoms. The van der Waals surface area contributed by atoms with E-state index in [1.54, 1.807) is 19.2 Å². The van der Waals surface area contributed by atoms with Crippen molar-refractivity contribution in [2.24, 2.45) is 0 Å². The molecule has 0 bridgehead atoms. The number of halogens is 1. The fourth-order valence-corrected chi connectivity index (χ4v) is 3.14. The summed E-state index contributed by atoms with van der Waals surface area (Å²) in [6.45, 7) is 2.73. The predicted molar refractivity (Wildman–Crippen MR) is 111 cm³/mol. The summed E-state index contributed by atoms with van der Waals surface area (Å²) in [5, 5.41) is 3.31. The molecule has 2 aromatic rings. The first-order valence-electron chi connectivity index (χ1n) is 9.00. The molecule has 0 saturated carbocycles. The highest BCUT2D eigenvalue weighted by molar-refractivity contribution is 6.32. The van der Waals surface area contributed by atoms with Crippen molar-refractivity contribution in [1.29, 1.82) is 0 Å². The van der Waals surface area contributed by atoms with Crippen LogP contribution < -0.4 is 19.5 Å². The molecule has 1 atom stereocenters. The molecule has 0 fully saturated rings. The number of hydrogen-bond acceptors (Lipinski definition) is 5. The molecular formula is C21H27ClN2O4. The van der Waals surface area contributed by atoms with Crippen LogP contribution in [-0.4, -0.2) is 52.3 Å². The highest BCUT2D eigenvalue weighted by Crippen LogP contribution is 2.36. The Labute approximate surface area is 171 Å². The van der Waals surface area contributed by atoms with Crippen molar-refractivity contribution in [2.75, 3.05) is 41.5 Å². The number of rotatable bonds is 9. The van der Waals surface area contributed by atoms with Crippen LogP contribution in [0.1, 0.15) is 28.9 Å². The lowest BCUT2D eigenvalue weighted by molar-refractivity contribution is 0.0941. The second-order valence-electron chi connectivity index (χ2n) is 6.39. The number of likely N-dealkylation sites (N-methyl/N-ethyl adjacent to an activating group) is 1. The number of carbonyl (C=O) groups excluding carboxylic acids is 1. The van der Waals surface area contributed by atoms with Gasteiger partial charge in [-0.1, -0.05) is 23.7 Å². The summed E-state index contributed by atoms with van der Waals surface area (Å²) < 4.78 is 16.1. The van der Waals surface area contributed by atoms with E-state index in [1.807, 2.05) is 50.2 Å². The molecule has 0 radical (unpaired) electrons. The molecular weight excluding hydrogens is 380 g/mol. The van der Waals surface area contributed by atoms with Crippen LogP contribution >= 0.6 is 11.6 Å². The zero-order valence-electron chi connectivity index (χ0n) is 16.9. The third-order valence-corrected chi connectivity index (χ3v) is 4.62. The summed E-state index contributed by atoms with van der Waals surface area (Å²) in [7, 11) is 7.08. The second kappa shape index (κ2) is 10.2. The average molecular weight is 407 g/mol. The molecule has 2 rings (SSSR count). The van der Waals surface area contributed by atoms with Crippen molar-refractivity contribution >= 4 is 17.5 Å². The Balaban J connectivity index is 2.18. The Kier molecular flexibility index (Phi) is 7.96. The summed E-state index contributed by atoms with van der Waals surface area (Å²) in [5.41, 5.74) is 1.46. The van der Waals surface area contributed by atoms with Crippen LogP contribution in [0.4, 0.5) is 0 Å². The van der Waals surface area contributed by atoms with E-state index in [2.05, 4.69) is 5.32 Å². The Hall–Kier alpha value is -2.44. The Morgan fingerprint density at radius 1 is 1.18 bits per heavy atom. The summed E-state index contributed by atoms with van der Waals surface area (Å²) in [4.78, 5) is 14.7. The zero-order chi connectivity index (χ0) is 20.7. The van der Waals surface area contributed by atoms with Crippen LogP contribution in [0.3, 0.4) is 0 Å². The predicted octanol–water partition coefficient (Wildman–Crippen LogP) is 3.79. The van der Waals surface area contributed by atoms with Gasteiger partial charge in [0, 0.05) is 12.1 Å². The van der Waals surface area contributed by atoms with E-state index < -0.39 is 0 Å². The van der Waals surface area contributed by atoms with Crippen LogP contribution in [0.25, 0.3) is 0 Å². The molecule has 152 valence electrons. The van der Waals surface area contributed by atoms with Crippen LogP contribution in [0.15, 0.2) is 36.4 Å². The van der Waals surface area contributed by atoms with Gasteiger partial charge in [-0.25, -0.2) is 0 Å². The molecule has 0 heterocycles. The number of carbonyl (C=O) groups is 1. The maximum Gasteiger partial charge on any atom is 0.251 e. The van der Waals surface area contributed by atoms with E-state index in [4.69, 9.17) is 25.8 Å². The van der Waals surface area contributed by atoms with Crippen LogP contribution in [0.5, 0.6) is 17.2 Å². The normalized spacial score (nSPS) is 11.8. The Bertz CT molecular complexity index is 811. The van der Waals surface area contributed by atoms with E-state index >= 15 is 0 Å². The average Bonchev–Trinajstić information content (AvgIpc) is 2.69. The molecule has 28 heavy (non-hydrogen) atoms. The van der Waals surface area contributed by atoms with Crippen molar-refractivity contribution in [3.8, 4) is 17.2 Å². The minimum Gasteiger partial charge on any atom is -0.497 e. The van der Waals surface area contributed by atoms with Gasteiger partial charge >= 0.3 is 0 Å². The maximum absolute atomic E-state index is 12.7. The second-order valence-corrected chi connectivity index (χ2v) is 6.80. The van der Waals surface area contributed by atoms with Gasteiger partial charge in [-0.3, -0.25) is 4.79 Å². The number of hydrogen-bond donors (Lipinski definition) is 1. The first-order chi connectivity index (χ1) is 13.4. The largest absolute Gasteiger partial charge is 0.497 e. The van der Waals surface area contributed by atoms with Crippen LogP contribution in [0.2, 0.25) is 5.02 Å². The zero-order valence-corrected chi connectivity index (χ0v) is 17.7. The number of amides is 1. The van der Waals surface area contributed by atoms with Gasteiger partial charge in [-0.15, -0.1) is 0 Å². The minimum atomic E-state index is -0.238. The summed E-state index contributed by atoms with van der Waals surface area (Å²) in [6, 6.07) is 11.0. The number of methoxy groups -OCH3 is 2. The van der Waals surface area contributed by atoms with Crippen molar-refractivity contribution in [3.05, 3.63) is 52.5 Å². The van der Waals surface area contributed by atoms with E-state index in [1.165, 1.54) is 7.11 Å². The molecule has 2 aromatic carbocycles. The molecule has 6 nitrogen and oxygen atoms in total. The molecule has 0 aliphatic carbocycles. The van der Waals surface area contributed by atoms with Crippen molar-refractivity contribution in [2.45, 2.75) is 13.0 Å². The highest BCUT2D eigenvalue weighted by Gasteiger charge is 2.19. The number of ether oxygens (including phenoxy) is 3. The quantitative estimate of drug-likeness (QED) is 0.686. The van der Waals surface area contributed by atoms with Crippen molar-refractivity contribution < 1.29 is 19.0 Å². The topological polar surface area (TPSA) is 60.0 Å². The lowest BCUT2D eigenvalue weighted by Gasteiger charge is -2.25. The lowest BCUT2D eigenvalue weighted by Crippen LogP contribution is -2.34. The fourth-order valence-electron chi connectivity index (χ4n) is 2.87. The van der Waals surface area contributed by atoms with E-state index in [9.17, 15) is 4.79 Å². The fraction of sp³-hybridized carbons (Fsp3) is 0.381. The van der Waals surface area contributed by atoms with Gasteiger partial charge in [0.25, 0.3) is 5.91 Å². The summed E-state index contributed by atoms with van der Waals surface area (Å²) >= 11 is 6.27. The molecule has 0 aromatic heterocycles. The smallest absolute Gasteiger partial charge is 0.251 e. The third kappa shape index (κ3) is 5.30. The first-order valence-corrected chi connectivity index (χ1v) is 9.37. The summed E-state index contributed by atoms with van der Waals surface area (Å²) in [6.07, 6.45) is 0. The molecule has 1 unspecified atom stereocenters. The van der Waals surface area contributed by atoms with Gasteiger partial charge in [0.2, 0.25) is 0 Å². The lowest BCUT2D eigenvalue weighted by atomic mass is 10.1. The molecule has 0 aliphatic rings. The molecule has 0 saturated heterocycles. The monoisotopic (exact) mass is 406 g/mol. The van der Waals surface area contributed by atoms with E-state index in [0.29, 0.717) is 35.2 Å². The van der Waals surface area contributed by atoms with Gasteiger partial charge in [0.05, 0.1) is 31.9 Å². The third-order valence-electron chi connectivity index (χ3n) is 4.34.